The van der Waals surface area contributed by atoms with Gasteiger partial charge in [0.25, 0.3) is 5.91 Å². The van der Waals surface area contributed by atoms with Crippen LogP contribution < -0.4 is 19.5 Å². The molecule has 0 aromatic heterocycles. The van der Waals surface area contributed by atoms with E-state index in [2.05, 4.69) is 10.0 Å². The number of sulfonamides is 1. The molecule has 150 valence electrons. The summed E-state index contributed by atoms with van der Waals surface area (Å²) >= 11 is 0. The quantitative estimate of drug-likeness (QED) is 0.673. The number of nitrogens with one attached hydrogen (secondary N) is 2. The average molecular weight is 408 g/mol. The molecule has 0 aliphatic carbocycles. The summed E-state index contributed by atoms with van der Waals surface area (Å²) in [7, 11) is 0.556. The third-order valence-corrected chi connectivity index (χ3v) is 4.21. The summed E-state index contributed by atoms with van der Waals surface area (Å²) in [5, 5.41) is 2.61. The van der Waals surface area contributed by atoms with Crippen molar-refractivity contribution in [3.8, 4) is 11.5 Å². The summed E-state index contributed by atoms with van der Waals surface area (Å²) in [4.78, 5) is 24.7. The van der Waals surface area contributed by atoms with Gasteiger partial charge in [0, 0.05) is 23.4 Å². The molecule has 0 atom stereocenters. The van der Waals surface area contributed by atoms with E-state index in [-0.39, 0.29) is 22.5 Å². The van der Waals surface area contributed by atoms with E-state index in [0.29, 0.717) is 11.5 Å². The van der Waals surface area contributed by atoms with Crippen molar-refractivity contribution in [2.75, 3.05) is 37.6 Å². The lowest BCUT2D eigenvalue weighted by atomic mass is 10.1. The first kappa shape index (κ1) is 21.0. The Balaban J connectivity index is 2.40. The van der Waals surface area contributed by atoms with Crippen molar-refractivity contribution in [2.45, 2.75) is 0 Å². The van der Waals surface area contributed by atoms with Crippen molar-refractivity contribution < 1.29 is 32.2 Å². The minimum Gasteiger partial charge on any atom is -0.493 e. The first-order valence-electron chi connectivity index (χ1n) is 7.92. The lowest BCUT2D eigenvalue weighted by Crippen LogP contribution is -2.16. The minimum absolute atomic E-state index is 0.0684. The van der Waals surface area contributed by atoms with E-state index in [0.717, 1.165) is 6.26 Å². The van der Waals surface area contributed by atoms with E-state index >= 15 is 0 Å². The van der Waals surface area contributed by atoms with Gasteiger partial charge in [0.1, 0.15) is 0 Å². The molecule has 0 radical (unpaired) electrons. The van der Waals surface area contributed by atoms with Crippen LogP contribution in [0.2, 0.25) is 0 Å². The summed E-state index contributed by atoms with van der Waals surface area (Å²) in [5.41, 5.74) is 0.629. The molecule has 0 aliphatic rings. The van der Waals surface area contributed by atoms with E-state index in [1.165, 1.54) is 57.7 Å². The number of methoxy groups -OCH3 is 3. The molecule has 10 heteroatoms. The predicted molar refractivity (Wildman–Crippen MR) is 104 cm³/mol. The Morgan fingerprint density at radius 2 is 1.61 bits per heavy atom. The number of anilines is 2. The zero-order chi connectivity index (χ0) is 20.9. The Hall–Kier alpha value is -3.27. The van der Waals surface area contributed by atoms with E-state index < -0.39 is 21.9 Å². The fourth-order valence-corrected chi connectivity index (χ4v) is 2.95. The van der Waals surface area contributed by atoms with Crippen LogP contribution >= 0.6 is 0 Å². The Labute approximate surface area is 162 Å². The van der Waals surface area contributed by atoms with Gasteiger partial charge in [-0.05, 0) is 18.2 Å². The maximum atomic E-state index is 12.6. The number of ether oxygens (including phenoxy) is 3. The van der Waals surface area contributed by atoms with Crippen LogP contribution in [-0.4, -0.2) is 47.9 Å². The average Bonchev–Trinajstić information content (AvgIpc) is 2.65. The highest BCUT2D eigenvalue weighted by Gasteiger charge is 2.20. The van der Waals surface area contributed by atoms with Crippen molar-refractivity contribution in [1.82, 2.24) is 0 Å². The molecule has 0 fully saturated rings. The van der Waals surface area contributed by atoms with Crippen LogP contribution in [-0.2, 0) is 14.8 Å². The van der Waals surface area contributed by atoms with Crippen LogP contribution in [0, 0.1) is 0 Å². The molecule has 2 N–H and O–H groups in total. The van der Waals surface area contributed by atoms with Crippen LogP contribution in [0.5, 0.6) is 11.5 Å². The Morgan fingerprint density at radius 3 is 2.18 bits per heavy atom. The highest BCUT2D eigenvalue weighted by molar-refractivity contribution is 7.92. The molecular formula is C18H20N2O7S. The molecule has 1 amide bonds. The Kier molecular flexibility index (Phi) is 6.47. The molecular weight excluding hydrogens is 388 g/mol. The second-order valence-electron chi connectivity index (χ2n) is 5.65. The summed E-state index contributed by atoms with van der Waals surface area (Å²) in [6, 6.07) is 8.73. The number of esters is 1. The lowest BCUT2D eigenvalue weighted by Gasteiger charge is -2.15. The second-order valence-corrected chi connectivity index (χ2v) is 7.40. The predicted octanol–water partition coefficient (Wildman–Crippen LogP) is 2.11. The monoisotopic (exact) mass is 408 g/mol. The van der Waals surface area contributed by atoms with Gasteiger partial charge in [-0.25, -0.2) is 13.2 Å². The van der Waals surface area contributed by atoms with Crippen molar-refractivity contribution in [3.05, 3.63) is 47.5 Å². The number of carbonyl (C=O) groups excluding carboxylic acids is 2. The van der Waals surface area contributed by atoms with Gasteiger partial charge >= 0.3 is 5.97 Å². The fourth-order valence-electron chi connectivity index (χ4n) is 2.39. The van der Waals surface area contributed by atoms with Crippen LogP contribution in [0.3, 0.4) is 0 Å². The topological polar surface area (TPSA) is 120 Å². The van der Waals surface area contributed by atoms with Crippen molar-refractivity contribution in [3.63, 3.8) is 0 Å². The minimum atomic E-state index is -3.49. The molecule has 2 rings (SSSR count). The van der Waals surface area contributed by atoms with Crippen molar-refractivity contribution >= 4 is 33.3 Å². The molecule has 0 bridgehead atoms. The third kappa shape index (κ3) is 5.13. The van der Waals surface area contributed by atoms with Gasteiger partial charge in [-0.3, -0.25) is 9.52 Å². The molecule has 2 aromatic rings. The number of rotatable bonds is 7. The molecule has 0 aliphatic heterocycles. The number of amides is 1. The number of hydrogen-bond acceptors (Lipinski definition) is 7. The molecule has 0 heterocycles. The molecule has 28 heavy (non-hydrogen) atoms. The fraction of sp³-hybridized carbons (Fsp3) is 0.222. The zero-order valence-electron chi connectivity index (χ0n) is 15.7. The van der Waals surface area contributed by atoms with Gasteiger partial charge in [-0.2, -0.15) is 0 Å². The number of carbonyl (C=O) groups is 2. The van der Waals surface area contributed by atoms with E-state index in [4.69, 9.17) is 14.2 Å². The van der Waals surface area contributed by atoms with Crippen molar-refractivity contribution in [2.24, 2.45) is 0 Å². The van der Waals surface area contributed by atoms with Crippen molar-refractivity contribution in [1.29, 1.82) is 0 Å². The molecule has 9 nitrogen and oxygen atoms in total. The Morgan fingerprint density at radius 1 is 0.964 bits per heavy atom. The molecule has 2 aromatic carbocycles. The highest BCUT2D eigenvalue weighted by Crippen LogP contribution is 2.34. The Bertz CT molecular complexity index is 1000. The summed E-state index contributed by atoms with van der Waals surface area (Å²) < 4.78 is 40.1. The van der Waals surface area contributed by atoms with E-state index in [1.54, 1.807) is 0 Å². The van der Waals surface area contributed by atoms with E-state index in [9.17, 15) is 18.0 Å². The lowest BCUT2D eigenvalue weighted by molar-refractivity contribution is 0.0601. The summed E-state index contributed by atoms with van der Waals surface area (Å²) in [6.07, 6.45) is 1.01. The molecule has 0 saturated heterocycles. The standard InChI is InChI=1S/C18H20N2O7S/c1-25-15-9-13(18(22)27-3)14(10-16(15)26-2)19-17(21)11-6-5-7-12(8-11)20-28(4,23)24/h5-10,20H,1-4H3,(H,19,21). The maximum absolute atomic E-state index is 12.6. The number of benzene rings is 2. The van der Waals surface area contributed by atoms with Crippen LogP contribution in [0.15, 0.2) is 36.4 Å². The molecule has 0 saturated carbocycles. The summed E-state index contributed by atoms with van der Waals surface area (Å²) in [6.45, 7) is 0. The van der Waals surface area contributed by atoms with Gasteiger partial charge in [0.05, 0.1) is 38.8 Å². The van der Waals surface area contributed by atoms with Gasteiger partial charge in [-0.1, -0.05) is 6.07 Å². The van der Waals surface area contributed by atoms with E-state index in [1.807, 2.05) is 0 Å². The van der Waals surface area contributed by atoms with Gasteiger partial charge < -0.3 is 19.5 Å². The first-order chi connectivity index (χ1) is 13.2. The maximum Gasteiger partial charge on any atom is 0.340 e. The summed E-state index contributed by atoms with van der Waals surface area (Å²) in [5.74, 6) is -0.642. The van der Waals surface area contributed by atoms with Crippen LogP contribution in [0.4, 0.5) is 11.4 Å². The SMILES string of the molecule is COC(=O)c1cc(OC)c(OC)cc1NC(=O)c1cccc(NS(C)(=O)=O)c1. The van der Waals surface area contributed by atoms with Crippen LogP contribution in [0.1, 0.15) is 20.7 Å². The second kappa shape index (κ2) is 8.61. The van der Waals surface area contributed by atoms with Gasteiger partial charge in [-0.15, -0.1) is 0 Å². The molecule has 0 spiro atoms. The third-order valence-electron chi connectivity index (χ3n) is 3.61. The van der Waals surface area contributed by atoms with Gasteiger partial charge in [0.2, 0.25) is 10.0 Å². The highest BCUT2D eigenvalue weighted by atomic mass is 32.2. The normalized spacial score (nSPS) is 10.7. The first-order valence-corrected chi connectivity index (χ1v) is 9.81. The smallest absolute Gasteiger partial charge is 0.340 e. The largest absolute Gasteiger partial charge is 0.493 e. The number of hydrogen-bond donors (Lipinski definition) is 2. The van der Waals surface area contributed by atoms with Crippen LogP contribution in [0.25, 0.3) is 0 Å². The zero-order valence-corrected chi connectivity index (χ0v) is 16.5. The van der Waals surface area contributed by atoms with Gasteiger partial charge in [0.15, 0.2) is 11.5 Å². The molecule has 0 unspecified atom stereocenters.